The second-order valence-electron chi connectivity index (χ2n) is 3.72. The Hall–Kier alpha value is -2.42. The number of para-hydroxylation sites is 1. The highest BCUT2D eigenvalue weighted by atomic mass is 15.0. The second kappa shape index (κ2) is 4.22. The molecule has 0 aliphatic carbocycles. The lowest BCUT2D eigenvalue weighted by molar-refractivity contribution is 1.09. The van der Waals surface area contributed by atoms with Crippen molar-refractivity contribution in [3.8, 4) is 0 Å². The third kappa shape index (κ3) is 1.95. The van der Waals surface area contributed by atoms with Crippen molar-refractivity contribution in [1.82, 2.24) is 15.3 Å². The number of allylic oxidation sites excluding steroid dienone is 4. The number of nitrogens with one attached hydrogen (secondary N) is 1. The predicted molar refractivity (Wildman–Crippen MR) is 68.9 cm³/mol. The highest BCUT2D eigenvalue weighted by molar-refractivity contribution is 5.79. The van der Waals surface area contributed by atoms with Crippen molar-refractivity contribution in [2.24, 2.45) is 0 Å². The molecule has 17 heavy (non-hydrogen) atoms. The normalized spacial score (nSPS) is 14.2. The Labute approximate surface area is 99.2 Å². The zero-order valence-corrected chi connectivity index (χ0v) is 9.17. The summed E-state index contributed by atoms with van der Waals surface area (Å²) in [6, 6.07) is 7.96. The smallest absolute Gasteiger partial charge is 0.176 e. The summed E-state index contributed by atoms with van der Waals surface area (Å²) in [4.78, 5) is 8.89. The first-order valence-electron chi connectivity index (χ1n) is 5.46. The molecular weight excluding hydrogens is 210 g/mol. The van der Waals surface area contributed by atoms with E-state index in [1.807, 2.05) is 61.0 Å². The molecule has 0 amide bonds. The van der Waals surface area contributed by atoms with Crippen molar-refractivity contribution >= 4 is 16.6 Å². The van der Waals surface area contributed by atoms with Crippen LogP contribution in [0.3, 0.4) is 0 Å². The van der Waals surface area contributed by atoms with Gasteiger partial charge in [0.2, 0.25) is 0 Å². The van der Waals surface area contributed by atoms with Crippen LogP contribution < -0.4 is 5.32 Å². The zero-order valence-electron chi connectivity index (χ0n) is 9.17. The quantitative estimate of drug-likeness (QED) is 0.804. The third-order valence-corrected chi connectivity index (χ3v) is 2.55. The summed E-state index contributed by atoms with van der Waals surface area (Å²) in [5, 5.41) is 4.21. The van der Waals surface area contributed by atoms with Crippen LogP contribution in [0.4, 0.5) is 0 Å². The molecular formula is C14H11N3. The van der Waals surface area contributed by atoms with E-state index in [2.05, 4.69) is 15.3 Å². The highest BCUT2D eigenvalue weighted by Crippen LogP contribution is 2.14. The molecule has 0 unspecified atom stereocenters. The summed E-state index contributed by atoms with van der Waals surface area (Å²) >= 11 is 0. The molecule has 0 bridgehead atoms. The number of hydrogen-bond donors (Lipinski definition) is 1. The fourth-order valence-electron chi connectivity index (χ4n) is 1.70. The van der Waals surface area contributed by atoms with Gasteiger partial charge in [0.05, 0.1) is 11.2 Å². The van der Waals surface area contributed by atoms with Crippen LogP contribution in [0, 0.1) is 0 Å². The maximum Gasteiger partial charge on any atom is 0.176 e. The van der Waals surface area contributed by atoms with Crippen LogP contribution in [0.15, 0.2) is 61.0 Å². The van der Waals surface area contributed by atoms with Gasteiger partial charge in [0.25, 0.3) is 0 Å². The molecule has 3 heteroatoms. The minimum absolute atomic E-state index is 0.708. The summed E-state index contributed by atoms with van der Waals surface area (Å²) in [5.41, 5.74) is 1.86. The number of rotatable bonds is 1. The standard InChI is InChI=1S/C14H11N3/c1-2-8-13(15-9-5-1)14-16-10-11-6-3-4-7-12(11)17-14/h1-10,15H. The number of fused-ring (bicyclic) bond motifs is 1. The molecule has 0 saturated carbocycles. The molecule has 1 aliphatic heterocycles. The largest absolute Gasteiger partial charge is 0.359 e. The molecule has 82 valence electrons. The molecule has 1 N–H and O–H groups in total. The van der Waals surface area contributed by atoms with Crippen LogP contribution in [0.5, 0.6) is 0 Å². The van der Waals surface area contributed by atoms with Gasteiger partial charge in [-0.1, -0.05) is 30.4 Å². The molecule has 0 fully saturated rings. The van der Waals surface area contributed by atoms with E-state index in [0.29, 0.717) is 5.82 Å². The number of aromatic nitrogens is 2. The van der Waals surface area contributed by atoms with Crippen LogP contribution >= 0.6 is 0 Å². The molecule has 1 aliphatic rings. The molecule has 3 rings (SSSR count). The van der Waals surface area contributed by atoms with Gasteiger partial charge in [-0.25, -0.2) is 9.97 Å². The SMILES string of the molecule is C1=CC=C(c2ncc3ccccc3n2)NC=C1. The van der Waals surface area contributed by atoms with E-state index in [1.165, 1.54) is 0 Å². The maximum absolute atomic E-state index is 4.53. The molecule has 2 heterocycles. The number of nitrogens with zero attached hydrogens (tertiary/aromatic N) is 2. The Balaban J connectivity index is 2.09. The minimum Gasteiger partial charge on any atom is -0.359 e. The van der Waals surface area contributed by atoms with Crippen molar-refractivity contribution in [3.05, 3.63) is 66.8 Å². The summed E-state index contributed by atoms with van der Waals surface area (Å²) in [6.07, 6.45) is 11.5. The van der Waals surface area contributed by atoms with Gasteiger partial charge in [-0.15, -0.1) is 0 Å². The fourth-order valence-corrected chi connectivity index (χ4v) is 1.70. The Morgan fingerprint density at radius 2 is 1.94 bits per heavy atom. The molecule has 2 aromatic rings. The van der Waals surface area contributed by atoms with E-state index < -0.39 is 0 Å². The van der Waals surface area contributed by atoms with Crippen molar-refractivity contribution in [2.45, 2.75) is 0 Å². The summed E-state index contributed by atoms with van der Waals surface area (Å²) in [7, 11) is 0. The average molecular weight is 221 g/mol. The average Bonchev–Trinajstić information content (AvgIpc) is 2.67. The van der Waals surface area contributed by atoms with Crippen molar-refractivity contribution < 1.29 is 0 Å². The van der Waals surface area contributed by atoms with Gasteiger partial charge < -0.3 is 5.32 Å². The van der Waals surface area contributed by atoms with Crippen molar-refractivity contribution in [1.29, 1.82) is 0 Å². The highest BCUT2D eigenvalue weighted by Gasteiger charge is 2.04. The monoisotopic (exact) mass is 221 g/mol. The Kier molecular flexibility index (Phi) is 2.43. The zero-order chi connectivity index (χ0) is 11.5. The fraction of sp³-hybridized carbons (Fsp3) is 0. The lowest BCUT2D eigenvalue weighted by Gasteiger charge is -2.05. The van der Waals surface area contributed by atoms with E-state index in [1.54, 1.807) is 0 Å². The Bertz CT molecular complexity index is 639. The molecule has 3 nitrogen and oxygen atoms in total. The molecule has 0 atom stereocenters. The lowest BCUT2D eigenvalue weighted by Crippen LogP contribution is -2.06. The first kappa shape index (κ1) is 9.78. The van der Waals surface area contributed by atoms with E-state index in [0.717, 1.165) is 16.6 Å². The van der Waals surface area contributed by atoms with Gasteiger partial charge >= 0.3 is 0 Å². The number of benzene rings is 1. The maximum atomic E-state index is 4.53. The van der Waals surface area contributed by atoms with Gasteiger partial charge in [-0.3, -0.25) is 0 Å². The molecule has 0 saturated heterocycles. The van der Waals surface area contributed by atoms with Crippen LogP contribution in [-0.2, 0) is 0 Å². The van der Waals surface area contributed by atoms with Gasteiger partial charge in [-0.2, -0.15) is 0 Å². The van der Waals surface area contributed by atoms with Crippen LogP contribution in [0.1, 0.15) is 5.82 Å². The molecule has 0 spiro atoms. The van der Waals surface area contributed by atoms with E-state index in [9.17, 15) is 0 Å². The van der Waals surface area contributed by atoms with Gasteiger partial charge in [0.1, 0.15) is 0 Å². The van der Waals surface area contributed by atoms with Crippen molar-refractivity contribution in [3.63, 3.8) is 0 Å². The molecule has 1 aromatic heterocycles. The van der Waals surface area contributed by atoms with E-state index >= 15 is 0 Å². The first-order chi connectivity index (χ1) is 8.43. The molecule has 0 radical (unpaired) electrons. The van der Waals surface area contributed by atoms with E-state index in [-0.39, 0.29) is 0 Å². The third-order valence-electron chi connectivity index (χ3n) is 2.55. The van der Waals surface area contributed by atoms with E-state index in [4.69, 9.17) is 0 Å². The predicted octanol–water partition coefficient (Wildman–Crippen LogP) is 2.64. The van der Waals surface area contributed by atoms with Crippen molar-refractivity contribution in [2.75, 3.05) is 0 Å². The summed E-state index contributed by atoms with van der Waals surface area (Å²) in [6.45, 7) is 0. The topological polar surface area (TPSA) is 37.8 Å². The number of hydrogen-bond acceptors (Lipinski definition) is 3. The van der Waals surface area contributed by atoms with Crippen LogP contribution in [-0.4, -0.2) is 9.97 Å². The summed E-state index contributed by atoms with van der Waals surface area (Å²) < 4.78 is 0. The van der Waals surface area contributed by atoms with Gasteiger partial charge in [-0.05, 0) is 18.2 Å². The van der Waals surface area contributed by atoms with Gasteiger partial charge in [0, 0.05) is 17.8 Å². The van der Waals surface area contributed by atoms with Crippen LogP contribution in [0.2, 0.25) is 0 Å². The minimum atomic E-state index is 0.708. The summed E-state index contributed by atoms with van der Waals surface area (Å²) in [5.74, 6) is 0.708. The van der Waals surface area contributed by atoms with Crippen LogP contribution in [0.25, 0.3) is 16.6 Å². The van der Waals surface area contributed by atoms with Gasteiger partial charge in [0.15, 0.2) is 5.82 Å². The molecule has 1 aromatic carbocycles. The first-order valence-corrected chi connectivity index (χ1v) is 5.46. The second-order valence-corrected chi connectivity index (χ2v) is 3.72. The lowest BCUT2D eigenvalue weighted by atomic mass is 10.2. The Morgan fingerprint density at radius 1 is 1.00 bits per heavy atom. The Morgan fingerprint density at radius 3 is 2.94 bits per heavy atom.